The predicted molar refractivity (Wildman–Crippen MR) is 94.7 cm³/mol. The van der Waals surface area contributed by atoms with E-state index in [1.54, 1.807) is 6.07 Å². The van der Waals surface area contributed by atoms with Crippen LogP contribution in [0.2, 0.25) is 5.02 Å². The number of amides is 1. The second kappa shape index (κ2) is 7.75. The van der Waals surface area contributed by atoms with E-state index >= 15 is 0 Å². The van der Waals surface area contributed by atoms with Gasteiger partial charge in [-0.25, -0.2) is 0 Å². The molecule has 1 aromatic carbocycles. The molecule has 3 atom stereocenters. The quantitative estimate of drug-likeness (QED) is 0.889. The molecule has 2 aliphatic rings. The summed E-state index contributed by atoms with van der Waals surface area (Å²) in [6.07, 6.45) is 1.97. The van der Waals surface area contributed by atoms with Crippen molar-refractivity contribution in [2.45, 2.75) is 38.2 Å². The standard InChI is InChI=1S/C19H24ClNO4/c1-12(14-3-2-4-15(20)11-14)18(22)21-8-5-13(6-9-21)17-16(19(23)24)7-10-25-17/h2-4,11-13,16-17H,5-10H2,1H3,(H,23,24)/t12?,16?,17-/m0/s1. The average Bonchev–Trinajstić information content (AvgIpc) is 3.10. The Bertz CT molecular complexity index is 642. The van der Waals surface area contributed by atoms with Gasteiger partial charge in [0.15, 0.2) is 0 Å². The van der Waals surface area contributed by atoms with Gasteiger partial charge in [-0.2, -0.15) is 0 Å². The molecule has 1 amide bonds. The second-order valence-corrected chi connectivity index (χ2v) is 7.44. The molecule has 0 bridgehead atoms. The number of carbonyl (C=O) groups is 2. The van der Waals surface area contributed by atoms with Gasteiger partial charge in [0.25, 0.3) is 0 Å². The Morgan fingerprint density at radius 1 is 1.28 bits per heavy atom. The summed E-state index contributed by atoms with van der Waals surface area (Å²) >= 11 is 6.02. The van der Waals surface area contributed by atoms with Gasteiger partial charge in [-0.3, -0.25) is 9.59 Å². The van der Waals surface area contributed by atoms with Crippen LogP contribution in [0.25, 0.3) is 0 Å². The molecule has 6 heteroatoms. The predicted octanol–water partition coefficient (Wildman–Crippen LogP) is 3.17. The monoisotopic (exact) mass is 365 g/mol. The number of likely N-dealkylation sites (tertiary alicyclic amines) is 1. The summed E-state index contributed by atoms with van der Waals surface area (Å²) in [7, 11) is 0. The van der Waals surface area contributed by atoms with Crippen LogP contribution < -0.4 is 0 Å². The van der Waals surface area contributed by atoms with Crippen molar-refractivity contribution < 1.29 is 19.4 Å². The molecule has 1 aromatic rings. The minimum atomic E-state index is -0.768. The maximum atomic E-state index is 12.8. The molecule has 0 radical (unpaired) electrons. The molecule has 25 heavy (non-hydrogen) atoms. The molecule has 0 aromatic heterocycles. The number of ether oxygens (including phenoxy) is 1. The molecular formula is C19H24ClNO4. The van der Waals surface area contributed by atoms with E-state index < -0.39 is 11.9 Å². The molecule has 136 valence electrons. The Labute approximate surface area is 152 Å². The third kappa shape index (κ3) is 3.98. The van der Waals surface area contributed by atoms with E-state index in [1.807, 2.05) is 30.0 Å². The lowest BCUT2D eigenvalue weighted by Gasteiger charge is -2.36. The van der Waals surface area contributed by atoms with E-state index in [-0.39, 0.29) is 23.8 Å². The zero-order valence-corrected chi connectivity index (χ0v) is 15.1. The number of carboxylic acids is 1. The fourth-order valence-electron chi connectivity index (χ4n) is 3.98. The summed E-state index contributed by atoms with van der Waals surface area (Å²) in [6.45, 7) is 3.73. The van der Waals surface area contributed by atoms with Crippen molar-refractivity contribution in [2.75, 3.05) is 19.7 Å². The van der Waals surface area contributed by atoms with Gasteiger partial charge in [0, 0.05) is 24.7 Å². The minimum absolute atomic E-state index is 0.0999. The maximum Gasteiger partial charge on any atom is 0.309 e. The van der Waals surface area contributed by atoms with E-state index in [4.69, 9.17) is 16.3 Å². The van der Waals surface area contributed by atoms with E-state index in [0.29, 0.717) is 31.1 Å². The maximum absolute atomic E-state index is 12.8. The van der Waals surface area contributed by atoms with Crippen LogP contribution in [0.3, 0.4) is 0 Å². The number of nitrogens with zero attached hydrogens (tertiary/aromatic N) is 1. The van der Waals surface area contributed by atoms with Crippen LogP contribution in [-0.2, 0) is 14.3 Å². The number of rotatable bonds is 4. The normalized spacial score (nSPS) is 25.8. The fraction of sp³-hybridized carbons (Fsp3) is 0.579. The van der Waals surface area contributed by atoms with Gasteiger partial charge in [-0.05, 0) is 49.8 Å². The number of hydrogen-bond acceptors (Lipinski definition) is 3. The lowest BCUT2D eigenvalue weighted by Crippen LogP contribution is -2.44. The molecule has 2 fully saturated rings. The van der Waals surface area contributed by atoms with Gasteiger partial charge in [-0.15, -0.1) is 0 Å². The Morgan fingerprint density at radius 2 is 2.00 bits per heavy atom. The highest BCUT2D eigenvalue weighted by Crippen LogP contribution is 2.34. The second-order valence-electron chi connectivity index (χ2n) is 7.01. The largest absolute Gasteiger partial charge is 0.481 e. The highest BCUT2D eigenvalue weighted by atomic mass is 35.5. The lowest BCUT2D eigenvalue weighted by atomic mass is 9.84. The van der Waals surface area contributed by atoms with Gasteiger partial charge < -0.3 is 14.7 Å². The topological polar surface area (TPSA) is 66.8 Å². The molecule has 0 aliphatic carbocycles. The Hall–Kier alpha value is -1.59. The summed E-state index contributed by atoms with van der Waals surface area (Å²) in [5, 5.41) is 9.95. The first-order valence-electron chi connectivity index (χ1n) is 8.86. The molecule has 2 heterocycles. The number of aliphatic carboxylic acids is 1. The molecule has 0 saturated carbocycles. The van der Waals surface area contributed by atoms with E-state index in [2.05, 4.69) is 0 Å². The third-order valence-electron chi connectivity index (χ3n) is 5.49. The van der Waals surface area contributed by atoms with Crippen molar-refractivity contribution in [3.63, 3.8) is 0 Å². The molecule has 2 aliphatic heterocycles. The van der Waals surface area contributed by atoms with Crippen molar-refractivity contribution in [2.24, 2.45) is 11.8 Å². The van der Waals surface area contributed by atoms with Crippen molar-refractivity contribution in [1.29, 1.82) is 0 Å². The van der Waals surface area contributed by atoms with Gasteiger partial charge in [0.05, 0.1) is 17.9 Å². The first-order valence-corrected chi connectivity index (χ1v) is 9.24. The number of piperidine rings is 1. The molecule has 2 unspecified atom stereocenters. The van der Waals surface area contributed by atoms with Crippen LogP contribution in [0.5, 0.6) is 0 Å². The Balaban J connectivity index is 1.58. The van der Waals surface area contributed by atoms with Crippen molar-refractivity contribution in [3.8, 4) is 0 Å². The third-order valence-corrected chi connectivity index (χ3v) is 5.72. The first kappa shape index (κ1) is 18.2. The minimum Gasteiger partial charge on any atom is -0.481 e. The molecular weight excluding hydrogens is 342 g/mol. The van der Waals surface area contributed by atoms with E-state index in [1.165, 1.54) is 0 Å². The average molecular weight is 366 g/mol. The summed E-state index contributed by atoms with van der Waals surface area (Å²) in [4.78, 5) is 26.0. The molecule has 0 spiro atoms. The zero-order chi connectivity index (χ0) is 18.0. The first-order chi connectivity index (χ1) is 12.0. The number of halogens is 1. The summed E-state index contributed by atoms with van der Waals surface area (Å²) in [6, 6.07) is 7.41. The molecule has 5 nitrogen and oxygen atoms in total. The van der Waals surface area contributed by atoms with Gasteiger partial charge in [-0.1, -0.05) is 23.7 Å². The van der Waals surface area contributed by atoms with Crippen molar-refractivity contribution in [1.82, 2.24) is 4.90 Å². The SMILES string of the molecule is CC(C(=O)N1CCC([C@@H]2OCCC2C(=O)O)CC1)c1cccc(Cl)c1. The lowest BCUT2D eigenvalue weighted by molar-refractivity contribution is -0.146. The number of benzene rings is 1. The zero-order valence-electron chi connectivity index (χ0n) is 14.4. The van der Waals surface area contributed by atoms with Gasteiger partial charge in [0.1, 0.15) is 0 Å². The molecule has 2 saturated heterocycles. The Morgan fingerprint density at radius 3 is 2.64 bits per heavy atom. The highest BCUT2D eigenvalue weighted by molar-refractivity contribution is 6.30. The summed E-state index contributed by atoms with van der Waals surface area (Å²) in [5.74, 6) is -1.09. The summed E-state index contributed by atoms with van der Waals surface area (Å²) < 4.78 is 5.69. The molecule has 3 rings (SSSR count). The van der Waals surface area contributed by atoms with Crippen LogP contribution in [-0.4, -0.2) is 47.7 Å². The van der Waals surface area contributed by atoms with Crippen LogP contribution in [0.4, 0.5) is 0 Å². The Kier molecular flexibility index (Phi) is 5.64. The van der Waals surface area contributed by atoms with Gasteiger partial charge >= 0.3 is 5.97 Å². The fourth-order valence-corrected chi connectivity index (χ4v) is 4.18. The van der Waals surface area contributed by atoms with Crippen LogP contribution >= 0.6 is 11.6 Å². The van der Waals surface area contributed by atoms with Crippen LogP contribution in [0.15, 0.2) is 24.3 Å². The van der Waals surface area contributed by atoms with Crippen molar-refractivity contribution in [3.05, 3.63) is 34.9 Å². The van der Waals surface area contributed by atoms with E-state index in [0.717, 1.165) is 18.4 Å². The van der Waals surface area contributed by atoms with Crippen molar-refractivity contribution >= 4 is 23.5 Å². The number of carbonyl (C=O) groups excluding carboxylic acids is 1. The smallest absolute Gasteiger partial charge is 0.309 e. The number of carboxylic acid groups (broad SMARTS) is 1. The summed E-state index contributed by atoms with van der Waals surface area (Å²) in [5.41, 5.74) is 0.921. The van der Waals surface area contributed by atoms with E-state index in [9.17, 15) is 14.7 Å². The highest BCUT2D eigenvalue weighted by Gasteiger charge is 2.41. The van der Waals surface area contributed by atoms with Gasteiger partial charge in [0.2, 0.25) is 5.91 Å². The number of hydrogen-bond donors (Lipinski definition) is 1. The van der Waals surface area contributed by atoms with Crippen LogP contribution in [0, 0.1) is 11.8 Å². The van der Waals surface area contributed by atoms with Crippen LogP contribution in [0.1, 0.15) is 37.7 Å². The molecule has 1 N–H and O–H groups in total.